The van der Waals surface area contributed by atoms with Crippen LogP contribution in [0.1, 0.15) is 25.1 Å². The van der Waals surface area contributed by atoms with Crippen molar-refractivity contribution in [2.24, 2.45) is 0 Å². The molecule has 0 atom stereocenters. The fourth-order valence-corrected chi connectivity index (χ4v) is 1.39. The second-order valence-corrected chi connectivity index (χ2v) is 4.19. The lowest BCUT2D eigenvalue weighted by Crippen LogP contribution is -2.23. The van der Waals surface area contributed by atoms with Gasteiger partial charge in [-0.2, -0.15) is 0 Å². The molecule has 0 bridgehead atoms. The van der Waals surface area contributed by atoms with E-state index >= 15 is 0 Å². The molecular formula is C13H22N2O2. The van der Waals surface area contributed by atoms with E-state index < -0.39 is 0 Å². The molecule has 0 amide bonds. The van der Waals surface area contributed by atoms with Crippen LogP contribution in [0.25, 0.3) is 0 Å². The summed E-state index contributed by atoms with van der Waals surface area (Å²) in [5.74, 6) is 0. The SMILES string of the molecule is COCCOCc1ncccc1CNC(C)C. The molecule has 1 heterocycles. The topological polar surface area (TPSA) is 43.4 Å². The van der Waals surface area contributed by atoms with E-state index in [0.717, 1.165) is 12.2 Å². The molecule has 1 aromatic heterocycles. The van der Waals surface area contributed by atoms with Crippen molar-refractivity contribution in [2.45, 2.75) is 33.0 Å². The second-order valence-electron chi connectivity index (χ2n) is 4.19. The summed E-state index contributed by atoms with van der Waals surface area (Å²) >= 11 is 0. The molecule has 0 saturated heterocycles. The highest BCUT2D eigenvalue weighted by Gasteiger charge is 2.04. The molecule has 0 aliphatic carbocycles. The largest absolute Gasteiger partial charge is 0.382 e. The predicted molar refractivity (Wildman–Crippen MR) is 67.7 cm³/mol. The minimum Gasteiger partial charge on any atom is -0.382 e. The molecule has 96 valence electrons. The third kappa shape index (κ3) is 5.77. The maximum absolute atomic E-state index is 5.49. The summed E-state index contributed by atoms with van der Waals surface area (Å²) in [5.41, 5.74) is 2.19. The van der Waals surface area contributed by atoms with Gasteiger partial charge in [0.05, 0.1) is 25.5 Å². The van der Waals surface area contributed by atoms with Gasteiger partial charge in [-0.1, -0.05) is 19.9 Å². The van der Waals surface area contributed by atoms with E-state index in [1.54, 1.807) is 13.3 Å². The van der Waals surface area contributed by atoms with E-state index in [0.29, 0.717) is 25.9 Å². The van der Waals surface area contributed by atoms with Crippen molar-refractivity contribution >= 4 is 0 Å². The summed E-state index contributed by atoms with van der Waals surface area (Å²) in [7, 11) is 1.67. The van der Waals surface area contributed by atoms with Crippen molar-refractivity contribution < 1.29 is 9.47 Å². The van der Waals surface area contributed by atoms with Crippen LogP contribution >= 0.6 is 0 Å². The van der Waals surface area contributed by atoms with Gasteiger partial charge < -0.3 is 14.8 Å². The Bertz CT molecular complexity index is 316. The highest BCUT2D eigenvalue weighted by atomic mass is 16.5. The lowest BCUT2D eigenvalue weighted by molar-refractivity contribution is 0.0598. The van der Waals surface area contributed by atoms with Gasteiger partial charge in [-0.3, -0.25) is 4.98 Å². The third-order valence-electron chi connectivity index (χ3n) is 2.36. The zero-order valence-corrected chi connectivity index (χ0v) is 10.9. The van der Waals surface area contributed by atoms with Gasteiger partial charge in [-0.05, 0) is 11.6 Å². The van der Waals surface area contributed by atoms with Crippen molar-refractivity contribution in [1.29, 1.82) is 0 Å². The molecule has 0 spiro atoms. The van der Waals surface area contributed by atoms with Crippen LogP contribution in [-0.2, 0) is 22.6 Å². The first-order chi connectivity index (χ1) is 8.24. The summed E-state index contributed by atoms with van der Waals surface area (Å²) in [6.45, 7) is 6.85. The lowest BCUT2D eigenvalue weighted by Gasteiger charge is -2.12. The molecule has 1 rings (SSSR count). The number of nitrogens with one attached hydrogen (secondary N) is 1. The first kappa shape index (κ1) is 14.1. The third-order valence-corrected chi connectivity index (χ3v) is 2.36. The van der Waals surface area contributed by atoms with Crippen molar-refractivity contribution in [3.05, 3.63) is 29.6 Å². The number of hydrogen-bond acceptors (Lipinski definition) is 4. The summed E-state index contributed by atoms with van der Waals surface area (Å²) in [4.78, 5) is 4.35. The smallest absolute Gasteiger partial charge is 0.0892 e. The lowest BCUT2D eigenvalue weighted by atomic mass is 10.2. The fourth-order valence-electron chi connectivity index (χ4n) is 1.39. The zero-order valence-electron chi connectivity index (χ0n) is 10.9. The molecule has 0 aromatic carbocycles. The molecule has 0 aliphatic rings. The summed E-state index contributed by atoms with van der Waals surface area (Å²) in [6.07, 6.45) is 1.80. The van der Waals surface area contributed by atoms with Crippen molar-refractivity contribution in [1.82, 2.24) is 10.3 Å². The van der Waals surface area contributed by atoms with Gasteiger partial charge in [0.2, 0.25) is 0 Å². The Morgan fingerprint density at radius 3 is 2.88 bits per heavy atom. The summed E-state index contributed by atoms with van der Waals surface area (Å²) in [6, 6.07) is 4.50. The Balaban J connectivity index is 2.46. The van der Waals surface area contributed by atoms with Gasteiger partial charge in [0.1, 0.15) is 0 Å². The van der Waals surface area contributed by atoms with Crippen LogP contribution in [0, 0.1) is 0 Å². The Hall–Kier alpha value is -0.970. The van der Waals surface area contributed by atoms with Gasteiger partial charge >= 0.3 is 0 Å². The average molecular weight is 238 g/mol. The Labute approximate surface area is 103 Å². The summed E-state index contributed by atoms with van der Waals surface area (Å²) < 4.78 is 10.4. The van der Waals surface area contributed by atoms with Gasteiger partial charge in [0.15, 0.2) is 0 Å². The number of hydrogen-bond donors (Lipinski definition) is 1. The van der Waals surface area contributed by atoms with Crippen LogP contribution in [0.3, 0.4) is 0 Å². The number of rotatable bonds is 8. The Morgan fingerprint density at radius 1 is 1.35 bits per heavy atom. The van der Waals surface area contributed by atoms with E-state index in [1.165, 1.54) is 5.56 Å². The van der Waals surface area contributed by atoms with Crippen LogP contribution in [0.4, 0.5) is 0 Å². The van der Waals surface area contributed by atoms with Gasteiger partial charge in [-0.25, -0.2) is 0 Å². The first-order valence-corrected chi connectivity index (χ1v) is 5.97. The molecular weight excluding hydrogens is 216 g/mol. The molecule has 0 radical (unpaired) electrons. The Morgan fingerprint density at radius 2 is 2.18 bits per heavy atom. The molecule has 1 N–H and O–H groups in total. The maximum Gasteiger partial charge on any atom is 0.0892 e. The average Bonchev–Trinajstić information content (AvgIpc) is 2.33. The highest BCUT2D eigenvalue weighted by Crippen LogP contribution is 2.07. The van der Waals surface area contributed by atoms with Crippen molar-refractivity contribution in [3.8, 4) is 0 Å². The molecule has 0 fully saturated rings. The van der Waals surface area contributed by atoms with Crippen LogP contribution in [0.5, 0.6) is 0 Å². The minimum absolute atomic E-state index is 0.470. The van der Waals surface area contributed by atoms with E-state index in [4.69, 9.17) is 9.47 Å². The number of aromatic nitrogens is 1. The van der Waals surface area contributed by atoms with E-state index in [9.17, 15) is 0 Å². The van der Waals surface area contributed by atoms with Crippen LogP contribution in [0.15, 0.2) is 18.3 Å². The monoisotopic (exact) mass is 238 g/mol. The number of ether oxygens (including phenoxy) is 2. The Kier molecular flexibility index (Phi) is 6.77. The molecule has 4 nitrogen and oxygen atoms in total. The van der Waals surface area contributed by atoms with E-state index in [-0.39, 0.29) is 0 Å². The molecule has 1 aromatic rings. The number of nitrogens with zero attached hydrogens (tertiary/aromatic N) is 1. The molecule has 0 saturated carbocycles. The molecule has 4 heteroatoms. The second kappa shape index (κ2) is 8.17. The number of methoxy groups -OCH3 is 1. The fraction of sp³-hybridized carbons (Fsp3) is 0.615. The van der Waals surface area contributed by atoms with Crippen LogP contribution in [-0.4, -0.2) is 31.3 Å². The predicted octanol–water partition coefficient (Wildman–Crippen LogP) is 1.74. The highest BCUT2D eigenvalue weighted by molar-refractivity contribution is 5.18. The normalized spacial score (nSPS) is 11.1. The molecule has 0 unspecified atom stereocenters. The zero-order chi connectivity index (χ0) is 12.5. The van der Waals surface area contributed by atoms with Crippen molar-refractivity contribution in [3.63, 3.8) is 0 Å². The molecule has 17 heavy (non-hydrogen) atoms. The minimum atomic E-state index is 0.470. The van der Waals surface area contributed by atoms with Gasteiger partial charge in [0, 0.05) is 25.9 Å². The van der Waals surface area contributed by atoms with Gasteiger partial charge in [-0.15, -0.1) is 0 Å². The number of pyridine rings is 1. The maximum atomic E-state index is 5.49. The van der Waals surface area contributed by atoms with Crippen molar-refractivity contribution in [2.75, 3.05) is 20.3 Å². The van der Waals surface area contributed by atoms with E-state index in [2.05, 4.69) is 30.2 Å². The van der Waals surface area contributed by atoms with Crippen LogP contribution in [0.2, 0.25) is 0 Å². The quantitative estimate of drug-likeness (QED) is 0.701. The van der Waals surface area contributed by atoms with E-state index in [1.807, 2.05) is 6.07 Å². The van der Waals surface area contributed by atoms with Gasteiger partial charge in [0.25, 0.3) is 0 Å². The first-order valence-electron chi connectivity index (χ1n) is 5.97. The molecule has 0 aliphatic heterocycles. The van der Waals surface area contributed by atoms with Crippen LogP contribution < -0.4 is 5.32 Å². The summed E-state index contributed by atoms with van der Waals surface area (Å²) in [5, 5.41) is 3.38. The standard InChI is InChI=1S/C13H22N2O2/c1-11(2)15-9-12-5-4-6-14-13(12)10-17-8-7-16-3/h4-6,11,15H,7-10H2,1-3H3.